The number of nitrogens with zero attached hydrogens (tertiary/aromatic N) is 1. The summed E-state index contributed by atoms with van der Waals surface area (Å²) in [5.74, 6) is -0.827. The van der Waals surface area contributed by atoms with Gasteiger partial charge in [-0.1, -0.05) is 0 Å². The predicted molar refractivity (Wildman–Crippen MR) is 58.6 cm³/mol. The van der Waals surface area contributed by atoms with E-state index < -0.39 is 11.5 Å². The van der Waals surface area contributed by atoms with Crippen LogP contribution in [0.4, 0.5) is 0 Å². The average molecular weight is 260 g/mol. The molecule has 4 heteroatoms. The van der Waals surface area contributed by atoms with Crippen molar-refractivity contribution in [3.8, 4) is 0 Å². The van der Waals surface area contributed by atoms with Crippen LogP contribution in [0.5, 0.6) is 0 Å². The van der Waals surface area contributed by atoms with Gasteiger partial charge in [0, 0.05) is 15.9 Å². The Morgan fingerprint density at radius 2 is 2.00 bits per heavy atom. The molecule has 0 fully saturated rings. The molecule has 0 radical (unpaired) electrons. The zero-order valence-corrected chi connectivity index (χ0v) is 10.3. The molecule has 0 unspecified atom stereocenters. The molecule has 1 heterocycles. The number of carbonyl (C=O) groups is 1. The number of hydrogen-bond donors (Lipinski definition) is 1. The second kappa shape index (κ2) is 3.42. The van der Waals surface area contributed by atoms with Gasteiger partial charge in [-0.3, -0.25) is 0 Å². The summed E-state index contributed by atoms with van der Waals surface area (Å²) in [6, 6.07) is 1.93. The third-order valence-electron chi connectivity index (χ3n) is 2.45. The van der Waals surface area contributed by atoms with E-state index in [4.69, 9.17) is 5.11 Å². The van der Waals surface area contributed by atoms with Crippen LogP contribution in [-0.4, -0.2) is 15.6 Å². The van der Waals surface area contributed by atoms with Crippen molar-refractivity contribution >= 4 is 21.9 Å². The number of aromatic nitrogens is 1. The average Bonchev–Trinajstić information content (AvgIpc) is 2.26. The molecule has 0 spiro atoms. The van der Waals surface area contributed by atoms with Crippen LogP contribution in [0.15, 0.2) is 10.5 Å². The van der Waals surface area contributed by atoms with Crippen LogP contribution >= 0.6 is 15.9 Å². The number of carboxylic acid groups (broad SMARTS) is 1. The third kappa shape index (κ3) is 1.59. The molecular weight excluding hydrogens is 246 g/mol. The highest BCUT2D eigenvalue weighted by Gasteiger charge is 2.31. The monoisotopic (exact) mass is 259 g/mol. The Balaban J connectivity index is 3.38. The maximum Gasteiger partial charge on any atom is 0.329 e. The predicted octanol–water partition coefficient (Wildman–Crippen LogP) is 2.69. The topological polar surface area (TPSA) is 42.2 Å². The van der Waals surface area contributed by atoms with Crippen LogP contribution < -0.4 is 0 Å². The Morgan fingerprint density at radius 3 is 2.29 bits per heavy atom. The van der Waals surface area contributed by atoms with Gasteiger partial charge < -0.3 is 9.67 Å². The van der Waals surface area contributed by atoms with E-state index in [0.717, 1.165) is 15.9 Å². The number of aryl methyl sites for hydroxylation is 1. The molecule has 0 saturated heterocycles. The van der Waals surface area contributed by atoms with Crippen LogP contribution in [0.25, 0.3) is 0 Å². The van der Waals surface area contributed by atoms with E-state index in [1.165, 1.54) is 0 Å². The highest BCUT2D eigenvalue weighted by Crippen LogP contribution is 2.28. The van der Waals surface area contributed by atoms with E-state index in [9.17, 15) is 4.79 Å². The van der Waals surface area contributed by atoms with Crippen molar-refractivity contribution in [2.75, 3.05) is 0 Å². The number of hydrogen-bond acceptors (Lipinski definition) is 1. The van der Waals surface area contributed by atoms with E-state index in [0.29, 0.717) is 0 Å². The molecular formula is C10H14BrNO2. The summed E-state index contributed by atoms with van der Waals surface area (Å²) in [4.78, 5) is 11.1. The fraction of sp³-hybridized carbons (Fsp3) is 0.500. The van der Waals surface area contributed by atoms with Crippen LogP contribution in [0.1, 0.15) is 25.2 Å². The van der Waals surface area contributed by atoms with Gasteiger partial charge in [-0.15, -0.1) is 0 Å². The Labute approximate surface area is 91.9 Å². The largest absolute Gasteiger partial charge is 0.480 e. The number of aliphatic carboxylic acids is 1. The summed E-state index contributed by atoms with van der Waals surface area (Å²) < 4.78 is 2.77. The summed E-state index contributed by atoms with van der Waals surface area (Å²) in [7, 11) is 0. The maximum absolute atomic E-state index is 11.1. The molecule has 1 N–H and O–H groups in total. The van der Waals surface area contributed by atoms with E-state index in [-0.39, 0.29) is 0 Å². The second-order valence-corrected chi connectivity index (χ2v) is 4.77. The summed E-state index contributed by atoms with van der Waals surface area (Å²) >= 11 is 3.39. The van der Waals surface area contributed by atoms with Crippen molar-refractivity contribution in [2.24, 2.45) is 0 Å². The molecule has 0 saturated carbocycles. The Morgan fingerprint density at radius 1 is 1.50 bits per heavy atom. The highest BCUT2D eigenvalue weighted by atomic mass is 79.9. The van der Waals surface area contributed by atoms with Crippen LogP contribution in [0.3, 0.4) is 0 Å². The molecule has 0 aliphatic carbocycles. The van der Waals surface area contributed by atoms with E-state index >= 15 is 0 Å². The van der Waals surface area contributed by atoms with Crippen LogP contribution in [-0.2, 0) is 10.3 Å². The van der Waals surface area contributed by atoms with Gasteiger partial charge in [-0.2, -0.15) is 0 Å². The number of rotatable bonds is 2. The smallest absolute Gasteiger partial charge is 0.329 e. The number of halogens is 1. The van der Waals surface area contributed by atoms with Gasteiger partial charge >= 0.3 is 5.97 Å². The first-order valence-corrected chi connectivity index (χ1v) is 5.16. The SMILES string of the molecule is Cc1cc(Br)c(C)n1C(C)(C)C(=O)O. The van der Waals surface area contributed by atoms with Gasteiger partial charge in [-0.05, 0) is 49.7 Å². The van der Waals surface area contributed by atoms with Crippen molar-refractivity contribution < 1.29 is 9.90 Å². The minimum Gasteiger partial charge on any atom is -0.480 e. The normalized spacial score (nSPS) is 11.8. The molecule has 14 heavy (non-hydrogen) atoms. The molecule has 0 atom stereocenters. The van der Waals surface area contributed by atoms with E-state index in [1.807, 2.05) is 24.5 Å². The van der Waals surface area contributed by atoms with Gasteiger partial charge in [0.25, 0.3) is 0 Å². The quantitative estimate of drug-likeness (QED) is 0.888. The summed E-state index contributed by atoms with van der Waals surface area (Å²) in [5, 5.41) is 9.12. The third-order valence-corrected chi connectivity index (χ3v) is 3.25. The molecule has 1 aromatic rings. The van der Waals surface area contributed by atoms with Crippen molar-refractivity contribution in [1.82, 2.24) is 4.57 Å². The van der Waals surface area contributed by atoms with E-state index in [2.05, 4.69) is 15.9 Å². The lowest BCUT2D eigenvalue weighted by molar-refractivity contribution is -0.145. The van der Waals surface area contributed by atoms with Crippen molar-refractivity contribution in [1.29, 1.82) is 0 Å². The molecule has 1 rings (SSSR count). The zero-order chi connectivity index (χ0) is 11.1. The molecule has 0 aliphatic heterocycles. The van der Waals surface area contributed by atoms with E-state index in [1.54, 1.807) is 13.8 Å². The molecule has 0 aliphatic rings. The Hall–Kier alpha value is -0.770. The van der Waals surface area contributed by atoms with Crippen LogP contribution in [0, 0.1) is 13.8 Å². The first kappa shape index (κ1) is 11.3. The molecule has 3 nitrogen and oxygen atoms in total. The summed E-state index contributed by atoms with van der Waals surface area (Å²) in [6.45, 7) is 7.20. The minimum atomic E-state index is -0.903. The lowest BCUT2D eigenvalue weighted by Crippen LogP contribution is -2.37. The van der Waals surface area contributed by atoms with Gasteiger partial charge in [-0.25, -0.2) is 4.79 Å². The fourth-order valence-corrected chi connectivity index (χ4v) is 2.19. The number of carboxylic acids is 1. The van der Waals surface area contributed by atoms with Crippen LogP contribution in [0.2, 0.25) is 0 Å². The van der Waals surface area contributed by atoms with Gasteiger partial charge in [0.1, 0.15) is 5.54 Å². The standard InChI is InChI=1S/C10H14BrNO2/c1-6-5-8(11)7(2)12(6)10(3,4)9(13)14/h5H,1-4H3,(H,13,14). The minimum absolute atomic E-state index is 0.827. The molecule has 0 bridgehead atoms. The first-order chi connectivity index (χ1) is 6.28. The van der Waals surface area contributed by atoms with Gasteiger partial charge in [0.2, 0.25) is 0 Å². The highest BCUT2D eigenvalue weighted by molar-refractivity contribution is 9.10. The van der Waals surface area contributed by atoms with Crippen molar-refractivity contribution in [3.05, 3.63) is 21.9 Å². The Bertz CT molecular complexity index is 380. The Kier molecular flexibility index (Phi) is 2.76. The molecule has 0 amide bonds. The zero-order valence-electron chi connectivity index (χ0n) is 8.76. The molecule has 0 aromatic carbocycles. The summed E-state index contributed by atoms with van der Waals surface area (Å²) in [5.41, 5.74) is 0.983. The molecule has 78 valence electrons. The molecule has 1 aromatic heterocycles. The van der Waals surface area contributed by atoms with Gasteiger partial charge in [0.05, 0.1) is 0 Å². The summed E-state index contributed by atoms with van der Waals surface area (Å²) in [6.07, 6.45) is 0. The second-order valence-electron chi connectivity index (χ2n) is 3.92. The lowest BCUT2D eigenvalue weighted by Gasteiger charge is -2.25. The first-order valence-electron chi connectivity index (χ1n) is 4.36. The fourth-order valence-electron chi connectivity index (χ4n) is 1.68. The lowest BCUT2D eigenvalue weighted by atomic mass is 10.1. The maximum atomic E-state index is 11.1. The van der Waals surface area contributed by atoms with Gasteiger partial charge in [0.15, 0.2) is 0 Å². The van der Waals surface area contributed by atoms with Crippen molar-refractivity contribution in [3.63, 3.8) is 0 Å². The van der Waals surface area contributed by atoms with Crippen molar-refractivity contribution in [2.45, 2.75) is 33.2 Å².